The Labute approximate surface area is 246 Å². The number of hydrogen-bond acceptors (Lipinski definition) is 6. The highest BCUT2D eigenvalue weighted by Crippen LogP contribution is 2.42. The number of carbonyl (C=O) groups excluding carboxylic acids is 1. The molecule has 216 valence electrons. The number of carbonyl (C=O) groups is 1. The number of ether oxygens (including phenoxy) is 2. The molecule has 1 spiro atoms. The third-order valence-electron chi connectivity index (χ3n) is 8.78. The van der Waals surface area contributed by atoms with Gasteiger partial charge in [0.15, 0.2) is 0 Å². The van der Waals surface area contributed by atoms with Crippen molar-refractivity contribution in [2.75, 3.05) is 39.3 Å². The van der Waals surface area contributed by atoms with Gasteiger partial charge in [-0.2, -0.15) is 0 Å². The van der Waals surface area contributed by atoms with Gasteiger partial charge >= 0.3 is 0 Å². The Morgan fingerprint density at radius 2 is 1.78 bits per heavy atom. The predicted molar refractivity (Wildman–Crippen MR) is 158 cm³/mol. The zero-order valence-electron chi connectivity index (χ0n) is 23.2. The molecule has 3 aromatic carbocycles. The molecule has 2 saturated heterocycles. The van der Waals surface area contributed by atoms with E-state index in [0.717, 1.165) is 61.5 Å². The molecule has 0 unspecified atom stereocenters. The monoisotopic (exact) mass is 576 g/mol. The first-order valence-corrected chi connectivity index (χ1v) is 14.9. The number of rotatable bonds is 7. The number of benzene rings is 3. The van der Waals surface area contributed by atoms with Crippen LogP contribution in [0, 0.1) is 0 Å². The van der Waals surface area contributed by atoms with Crippen LogP contribution in [0.25, 0.3) is 0 Å². The van der Waals surface area contributed by atoms with Crippen LogP contribution in [0.4, 0.5) is 0 Å². The highest BCUT2D eigenvalue weighted by atomic mass is 35.5. The molecule has 1 amide bonds. The van der Waals surface area contributed by atoms with Gasteiger partial charge in [0.25, 0.3) is 5.91 Å². The lowest BCUT2D eigenvalue weighted by atomic mass is 9.87. The van der Waals surface area contributed by atoms with Crippen molar-refractivity contribution in [3.8, 4) is 17.2 Å². The first-order chi connectivity index (χ1) is 19.9. The van der Waals surface area contributed by atoms with E-state index in [-0.39, 0.29) is 23.9 Å². The number of fused-ring (bicyclic) bond motifs is 1. The molecule has 0 bridgehead atoms. The maximum absolute atomic E-state index is 13.4. The quantitative estimate of drug-likeness (QED) is 0.398. The zero-order chi connectivity index (χ0) is 28.4. The van der Waals surface area contributed by atoms with Gasteiger partial charge in [0.1, 0.15) is 35.6 Å². The van der Waals surface area contributed by atoms with Crippen molar-refractivity contribution in [2.45, 2.75) is 49.7 Å². The Hall–Kier alpha value is -3.26. The number of phenols is 1. The molecule has 3 aliphatic heterocycles. The molecule has 3 aliphatic rings. The van der Waals surface area contributed by atoms with Gasteiger partial charge in [-0.3, -0.25) is 4.79 Å². The summed E-state index contributed by atoms with van der Waals surface area (Å²) in [5.74, 6) is 1.58. The van der Waals surface area contributed by atoms with Crippen LogP contribution in [0.3, 0.4) is 0 Å². The molecule has 3 heterocycles. The number of hydrogen-bond donors (Lipinski definition) is 2. The minimum Gasteiger partial charge on any atom is -0.508 e. The number of aromatic hydroxyl groups is 1. The summed E-state index contributed by atoms with van der Waals surface area (Å²) < 4.78 is 12.3. The molecule has 0 radical (unpaired) electrons. The first kappa shape index (κ1) is 27.9. The number of amides is 1. The van der Waals surface area contributed by atoms with Gasteiger partial charge in [-0.05, 0) is 60.2 Å². The molecule has 2 fully saturated rings. The molecule has 0 saturated carbocycles. The maximum atomic E-state index is 13.4. The zero-order valence-corrected chi connectivity index (χ0v) is 23.9. The minimum absolute atomic E-state index is 0.0222. The van der Waals surface area contributed by atoms with E-state index in [4.69, 9.17) is 21.1 Å². The Morgan fingerprint density at radius 1 is 1.02 bits per heavy atom. The van der Waals surface area contributed by atoms with Crippen LogP contribution < -0.4 is 9.47 Å². The molecule has 0 aliphatic carbocycles. The highest BCUT2D eigenvalue weighted by Gasteiger charge is 2.42. The normalized spacial score (nSPS) is 19.5. The summed E-state index contributed by atoms with van der Waals surface area (Å²) in [4.78, 5) is 17.5. The lowest BCUT2D eigenvalue weighted by molar-refractivity contribution is -0.00203. The summed E-state index contributed by atoms with van der Waals surface area (Å²) in [7, 11) is 0. The van der Waals surface area contributed by atoms with Crippen molar-refractivity contribution in [1.82, 2.24) is 9.80 Å². The third-order valence-corrected chi connectivity index (χ3v) is 9.01. The van der Waals surface area contributed by atoms with Crippen LogP contribution in [0.15, 0.2) is 66.7 Å². The summed E-state index contributed by atoms with van der Waals surface area (Å²) >= 11 is 6.17. The number of aliphatic hydroxyl groups is 1. The Morgan fingerprint density at radius 3 is 2.54 bits per heavy atom. The predicted octanol–water partition coefficient (Wildman–Crippen LogP) is 5.27. The molecule has 41 heavy (non-hydrogen) atoms. The van der Waals surface area contributed by atoms with Crippen molar-refractivity contribution in [3.63, 3.8) is 0 Å². The fourth-order valence-electron chi connectivity index (χ4n) is 6.48. The van der Waals surface area contributed by atoms with E-state index >= 15 is 0 Å². The van der Waals surface area contributed by atoms with E-state index in [2.05, 4.69) is 29.2 Å². The van der Waals surface area contributed by atoms with Crippen LogP contribution in [-0.4, -0.2) is 77.0 Å². The van der Waals surface area contributed by atoms with E-state index in [0.29, 0.717) is 36.9 Å². The minimum atomic E-state index is -0.739. The smallest absolute Gasteiger partial charge is 0.257 e. The fourth-order valence-corrected chi connectivity index (χ4v) is 6.67. The Balaban J connectivity index is 1.00. The van der Waals surface area contributed by atoms with Crippen LogP contribution in [0.1, 0.15) is 53.1 Å². The van der Waals surface area contributed by atoms with Crippen LogP contribution >= 0.6 is 11.6 Å². The molecule has 3 aromatic rings. The number of aliphatic hydroxyl groups excluding tert-OH is 1. The first-order valence-electron chi connectivity index (χ1n) is 14.6. The number of phenolic OH excluding ortho intramolecular Hbond substituents is 1. The molecule has 8 heteroatoms. The van der Waals surface area contributed by atoms with Gasteiger partial charge in [-0.25, -0.2) is 0 Å². The average molecular weight is 577 g/mol. The largest absolute Gasteiger partial charge is 0.508 e. The van der Waals surface area contributed by atoms with Crippen LogP contribution in [-0.2, 0) is 6.42 Å². The number of halogens is 1. The average Bonchev–Trinajstić information content (AvgIpc) is 3.34. The molecule has 0 aromatic heterocycles. The number of likely N-dealkylation sites (tertiary alicyclic amines) is 2. The summed E-state index contributed by atoms with van der Waals surface area (Å²) in [6.45, 7) is 3.45. The van der Waals surface area contributed by atoms with E-state index in [1.165, 1.54) is 17.7 Å². The molecule has 7 nitrogen and oxygen atoms in total. The molecule has 6 rings (SSSR count). The SMILES string of the molecule is O=C(c1ccc(O)cc1OC[C@@H](O)CN1CCC2(CC1)Cc1cc(Cl)ccc1O2)N1CCC(c2ccccc2)CC1. The summed E-state index contributed by atoms with van der Waals surface area (Å²) in [5.41, 5.74) is 2.69. The summed E-state index contributed by atoms with van der Waals surface area (Å²) in [5, 5.41) is 21.6. The van der Waals surface area contributed by atoms with Crippen molar-refractivity contribution < 1.29 is 24.5 Å². The number of nitrogens with zero attached hydrogens (tertiary/aromatic N) is 2. The van der Waals surface area contributed by atoms with Crippen molar-refractivity contribution in [3.05, 3.63) is 88.4 Å². The van der Waals surface area contributed by atoms with Gasteiger partial charge in [-0.15, -0.1) is 0 Å². The van der Waals surface area contributed by atoms with E-state index in [9.17, 15) is 15.0 Å². The van der Waals surface area contributed by atoms with Crippen LogP contribution in [0.2, 0.25) is 5.02 Å². The molecular formula is C33H37ClN2O5. The molecular weight excluding hydrogens is 540 g/mol. The van der Waals surface area contributed by atoms with Crippen molar-refractivity contribution >= 4 is 17.5 Å². The second-order valence-corrected chi connectivity index (χ2v) is 12.1. The number of β-amino-alcohol motifs (C(OH)–C–C–N with tert-alkyl or cyclic N) is 1. The van der Waals surface area contributed by atoms with E-state index < -0.39 is 6.10 Å². The molecule has 2 N–H and O–H groups in total. The lowest BCUT2D eigenvalue weighted by Gasteiger charge is -2.39. The Kier molecular flexibility index (Phi) is 8.11. The lowest BCUT2D eigenvalue weighted by Crippen LogP contribution is -2.49. The number of piperidine rings is 2. The van der Waals surface area contributed by atoms with Gasteiger partial charge in [0, 0.05) is 63.1 Å². The fraction of sp³-hybridized carbons (Fsp3) is 0.424. The highest BCUT2D eigenvalue weighted by molar-refractivity contribution is 6.30. The maximum Gasteiger partial charge on any atom is 0.257 e. The second kappa shape index (κ2) is 11.9. The summed E-state index contributed by atoms with van der Waals surface area (Å²) in [6, 6.07) is 20.8. The standard InChI is InChI=1S/C33H37ClN2O5/c34-26-6-9-30-25(18-26)20-33(41-30)12-16-35(17-13-33)21-28(38)22-40-31-19-27(37)7-8-29(31)32(39)36-14-10-24(11-15-36)23-4-2-1-3-5-23/h1-9,18-19,24,28,37-38H,10-17,20-22H2/t28-/m0/s1. The van der Waals surface area contributed by atoms with Crippen LogP contribution in [0.5, 0.6) is 17.2 Å². The van der Waals surface area contributed by atoms with E-state index in [1.807, 2.05) is 29.2 Å². The van der Waals surface area contributed by atoms with Gasteiger partial charge < -0.3 is 29.5 Å². The van der Waals surface area contributed by atoms with Crippen molar-refractivity contribution in [1.29, 1.82) is 0 Å². The molecule has 1 atom stereocenters. The van der Waals surface area contributed by atoms with Gasteiger partial charge in [-0.1, -0.05) is 41.9 Å². The summed E-state index contributed by atoms with van der Waals surface area (Å²) in [6.07, 6.45) is 3.69. The van der Waals surface area contributed by atoms with Gasteiger partial charge in [0.2, 0.25) is 0 Å². The van der Waals surface area contributed by atoms with Gasteiger partial charge in [0.05, 0.1) is 5.56 Å². The Bertz CT molecular complexity index is 1370. The third kappa shape index (κ3) is 6.32. The second-order valence-electron chi connectivity index (χ2n) is 11.6. The van der Waals surface area contributed by atoms with Crippen molar-refractivity contribution in [2.24, 2.45) is 0 Å². The topological polar surface area (TPSA) is 82.5 Å². The van der Waals surface area contributed by atoms with E-state index in [1.54, 1.807) is 6.07 Å².